The van der Waals surface area contributed by atoms with Crippen LogP contribution in [0.2, 0.25) is 0 Å². The molecule has 0 atom stereocenters. The number of halogens is 1. The third-order valence-electron chi connectivity index (χ3n) is 4.22. The van der Waals surface area contributed by atoms with E-state index in [9.17, 15) is 14.0 Å². The van der Waals surface area contributed by atoms with Crippen LogP contribution in [0.1, 0.15) is 26.5 Å². The number of furan rings is 1. The van der Waals surface area contributed by atoms with Gasteiger partial charge in [-0.15, -0.1) is 0 Å². The van der Waals surface area contributed by atoms with E-state index in [0.717, 1.165) is 11.6 Å². The van der Waals surface area contributed by atoms with Crippen molar-refractivity contribution in [1.82, 2.24) is 15.3 Å². The first-order valence-corrected chi connectivity index (χ1v) is 9.04. The summed E-state index contributed by atoms with van der Waals surface area (Å²) < 4.78 is 19.2. The minimum absolute atomic E-state index is 0.148. The molecule has 7 nitrogen and oxygen atoms in total. The zero-order chi connectivity index (χ0) is 20.4. The summed E-state index contributed by atoms with van der Waals surface area (Å²) in [5, 5.41) is 5.47. The van der Waals surface area contributed by atoms with Gasteiger partial charge in [-0.3, -0.25) is 9.59 Å². The summed E-state index contributed by atoms with van der Waals surface area (Å²) in [4.78, 5) is 30.3. The summed E-state index contributed by atoms with van der Waals surface area (Å²) in [5.41, 5.74) is 2.32. The van der Waals surface area contributed by atoms with Crippen molar-refractivity contribution in [3.8, 4) is 0 Å². The number of carbonyl (C=O) groups is 2. The number of aromatic nitrogens is 2. The molecule has 4 N–H and O–H groups in total. The summed E-state index contributed by atoms with van der Waals surface area (Å²) >= 11 is 5.02. The zero-order valence-corrected chi connectivity index (χ0v) is 15.7. The highest BCUT2D eigenvalue weighted by Gasteiger charge is 2.14. The van der Waals surface area contributed by atoms with Crippen molar-refractivity contribution in [2.24, 2.45) is 0 Å². The maximum atomic E-state index is 13.8. The first kappa shape index (κ1) is 18.6. The normalized spacial score (nSPS) is 10.8. The summed E-state index contributed by atoms with van der Waals surface area (Å²) in [6.07, 6.45) is 1.42. The molecule has 0 fully saturated rings. The number of H-pyrrole nitrogens is 2. The van der Waals surface area contributed by atoms with Gasteiger partial charge in [-0.2, -0.15) is 0 Å². The minimum atomic E-state index is -0.546. The molecule has 2 amide bonds. The summed E-state index contributed by atoms with van der Waals surface area (Å²) in [7, 11) is 0. The Morgan fingerprint density at radius 2 is 1.93 bits per heavy atom. The predicted molar refractivity (Wildman–Crippen MR) is 108 cm³/mol. The highest BCUT2D eigenvalue weighted by Crippen LogP contribution is 2.18. The number of amides is 2. The molecular weight excluding hydrogens is 395 g/mol. The van der Waals surface area contributed by atoms with Gasteiger partial charge in [-0.25, -0.2) is 4.39 Å². The molecule has 2 aromatic carbocycles. The van der Waals surface area contributed by atoms with Crippen LogP contribution in [-0.4, -0.2) is 21.8 Å². The van der Waals surface area contributed by atoms with Gasteiger partial charge in [0, 0.05) is 12.2 Å². The molecule has 0 aliphatic rings. The summed E-state index contributed by atoms with van der Waals surface area (Å²) in [6, 6.07) is 12.6. The molecule has 0 aliphatic heterocycles. The SMILES string of the molecule is O=C(Nc1cccc(CNC(=O)c2cc(F)cc3[nH]c(=S)[nH]c23)c1)c1ccco1. The molecule has 0 unspecified atom stereocenters. The Kier molecular flexibility index (Phi) is 4.96. The fourth-order valence-corrected chi connectivity index (χ4v) is 3.14. The fraction of sp³-hybridized carbons (Fsp3) is 0.0500. The Bertz CT molecular complexity index is 1260. The second-order valence-corrected chi connectivity index (χ2v) is 6.68. The third kappa shape index (κ3) is 4.09. The van der Waals surface area contributed by atoms with E-state index < -0.39 is 11.7 Å². The first-order valence-electron chi connectivity index (χ1n) is 8.63. The Morgan fingerprint density at radius 1 is 1.07 bits per heavy atom. The van der Waals surface area contributed by atoms with Gasteiger partial charge < -0.3 is 25.0 Å². The lowest BCUT2D eigenvalue weighted by Crippen LogP contribution is -2.23. The Hall–Kier alpha value is -3.72. The molecule has 146 valence electrons. The van der Waals surface area contributed by atoms with Crippen molar-refractivity contribution in [2.75, 3.05) is 5.32 Å². The van der Waals surface area contributed by atoms with E-state index >= 15 is 0 Å². The molecule has 0 saturated carbocycles. The predicted octanol–water partition coefficient (Wildman–Crippen LogP) is 4.14. The van der Waals surface area contributed by atoms with Crippen molar-refractivity contribution >= 4 is 40.8 Å². The zero-order valence-electron chi connectivity index (χ0n) is 14.9. The third-order valence-corrected chi connectivity index (χ3v) is 4.42. The molecular formula is C20H15FN4O3S. The molecule has 0 aliphatic carbocycles. The van der Waals surface area contributed by atoms with E-state index in [1.165, 1.54) is 12.3 Å². The maximum Gasteiger partial charge on any atom is 0.291 e. The molecule has 0 radical (unpaired) electrons. The van der Waals surface area contributed by atoms with Gasteiger partial charge >= 0.3 is 0 Å². The number of fused-ring (bicyclic) bond motifs is 1. The molecule has 0 spiro atoms. The number of rotatable bonds is 5. The molecule has 0 saturated heterocycles. The average Bonchev–Trinajstić information content (AvgIpc) is 3.35. The van der Waals surface area contributed by atoms with E-state index in [-0.39, 0.29) is 23.8 Å². The number of aromatic amines is 2. The van der Waals surface area contributed by atoms with Crippen molar-refractivity contribution in [3.63, 3.8) is 0 Å². The van der Waals surface area contributed by atoms with Gasteiger partial charge in [-0.1, -0.05) is 12.1 Å². The van der Waals surface area contributed by atoms with Crippen LogP contribution in [0, 0.1) is 10.6 Å². The van der Waals surface area contributed by atoms with Crippen LogP contribution in [0.3, 0.4) is 0 Å². The number of anilines is 1. The molecule has 29 heavy (non-hydrogen) atoms. The van der Waals surface area contributed by atoms with Crippen molar-refractivity contribution in [2.45, 2.75) is 6.54 Å². The smallest absolute Gasteiger partial charge is 0.291 e. The standard InChI is InChI=1S/C20H15FN4O3S/c21-12-8-14(17-15(9-12)24-20(29)25-17)18(26)22-10-11-3-1-4-13(7-11)23-19(27)16-5-2-6-28-16/h1-9H,10H2,(H,22,26)(H,23,27)(H2,24,25,29). The van der Waals surface area contributed by atoms with Gasteiger partial charge in [0.1, 0.15) is 5.82 Å². The molecule has 2 aromatic heterocycles. The Balaban J connectivity index is 1.47. The van der Waals surface area contributed by atoms with Crippen LogP contribution in [0.4, 0.5) is 10.1 Å². The van der Waals surface area contributed by atoms with Gasteiger partial charge in [0.15, 0.2) is 10.5 Å². The lowest BCUT2D eigenvalue weighted by Gasteiger charge is -2.09. The Labute approximate surface area is 168 Å². The van der Waals surface area contributed by atoms with E-state index in [1.54, 1.807) is 36.4 Å². The number of nitrogens with one attached hydrogen (secondary N) is 4. The van der Waals surface area contributed by atoms with E-state index in [1.807, 2.05) is 0 Å². The van der Waals surface area contributed by atoms with Gasteiger partial charge in [0.05, 0.1) is 22.9 Å². The monoisotopic (exact) mass is 410 g/mol. The highest BCUT2D eigenvalue weighted by molar-refractivity contribution is 7.71. The molecule has 4 aromatic rings. The van der Waals surface area contributed by atoms with E-state index in [4.69, 9.17) is 16.6 Å². The maximum absolute atomic E-state index is 13.8. The highest BCUT2D eigenvalue weighted by atomic mass is 32.1. The summed E-state index contributed by atoms with van der Waals surface area (Å²) in [6.45, 7) is 0.187. The van der Waals surface area contributed by atoms with Gasteiger partial charge in [-0.05, 0) is 54.2 Å². The number of carbonyl (C=O) groups excluding carboxylic acids is 2. The van der Waals surface area contributed by atoms with Crippen molar-refractivity contribution < 1.29 is 18.4 Å². The number of imidazole rings is 1. The fourth-order valence-electron chi connectivity index (χ4n) is 2.92. The van der Waals surface area contributed by atoms with Crippen LogP contribution in [0.15, 0.2) is 59.2 Å². The molecule has 0 bridgehead atoms. The summed E-state index contributed by atoms with van der Waals surface area (Å²) in [5.74, 6) is -1.18. The van der Waals surface area contributed by atoms with Crippen LogP contribution in [0.5, 0.6) is 0 Å². The molecule has 9 heteroatoms. The quantitative estimate of drug-likeness (QED) is 0.371. The van der Waals surface area contributed by atoms with Crippen molar-refractivity contribution in [3.05, 3.63) is 82.3 Å². The van der Waals surface area contributed by atoms with Crippen LogP contribution in [0.25, 0.3) is 11.0 Å². The lowest BCUT2D eigenvalue weighted by molar-refractivity contribution is 0.0950. The largest absolute Gasteiger partial charge is 0.459 e. The number of hydrogen-bond acceptors (Lipinski definition) is 4. The van der Waals surface area contributed by atoms with Gasteiger partial charge in [0.2, 0.25) is 0 Å². The lowest BCUT2D eigenvalue weighted by atomic mass is 10.1. The molecule has 4 rings (SSSR count). The van der Waals surface area contributed by atoms with Gasteiger partial charge in [0.25, 0.3) is 11.8 Å². The van der Waals surface area contributed by atoms with E-state index in [2.05, 4.69) is 20.6 Å². The minimum Gasteiger partial charge on any atom is -0.459 e. The first-order chi connectivity index (χ1) is 14.0. The second kappa shape index (κ2) is 7.72. The van der Waals surface area contributed by atoms with Crippen LogP contribution >= 0.6 is 12.2 Å². The number of hydrogen-bond donors (Lipinski definition) is 4. The van der Waals surface area contributed by atoms with Crippen LogP contribution < -0.4 is 10.6 Å². The average molecular weight is 410 g/mol. The number of benzene rings is 2. The molecule has 2 heterocycles. The Morgan fingerprint density at radius 3 is 2.72 bits per heavy atom. The van der Waals surface area contributed by atoms with Crippen molar-refractivity contribution in [1.29, 1.82) is 0 Å². The van der Waals surface area contributed by atoms with Crippen LogP contribution in [-0.2, 0) is 6.54 Å². The second-order valence-electron chi connectivity index (χ2n) is 6.27. The topological polar surface area (TPSA) is 103 Å². The van der Waals surface area contributed by atoms with E-state index in [0.29, 0.717) is 21.5 Å².